The maximum Gasteiger partial charge on any atom is 0.278 e. The van der Waals surface area contributed by atoms with Crippen molar-refractivity contribution >= 4 is 10.8 Å². The van der Waals surface area contributed by atoms with Crippen molar-refractivity contribution in [2.24, 2.45) is 0 Å². The number of H-pyrrole nitrogens is 1. The molecule has 35 heavy (non-hydrogen) atoms. The van der Waals surface area contributed by atoms with Crippen LogP contribution in [0, 0.1) is 0 Å². The first-order valence-electron chi connectivity index (χ1n) is 11.3. The van der Waals surface area contributed by atoms with Crippen LogP contribution in [-0.4, -0.2) is 24.7 Å². The molecule has 2 aliphatic heterocycles. The number of hydrogen-bond donors (Lipinski definition) is 3. The molecule has 4 aromatic carbocycles. The van der Waals surface area contributed by atoms with Gasteiger partial charge in [0.05, 0.1) is 11.4 Å². The van der Waals surface area contributed by atoms with Crippen LogP contribution in [0.15, 0.2) is 102 Å². The van der Waals surface area contributed by atoms with E-state index in [9.17, 15) is 15.0 Å². The molecular weight excluding hydrogens is 438 g/mol. The van der Waals surface area contributed by atoms with Crippen LogP contribution in [0.2, 0.25) is 0 Å². The lowest BCUT2D eigenvalue weighted by Gasteiger charge is -2.14. The molecule has 0 aromatic heterocycles. The molecule has 2 aliphatic rings. The Labute approximate surface area is 200 Å². The van der Waals surface area contributed by atoms with Crippen LogP contribution >= 0.6 is 0 Å². The first kappa shape index (κ1) is 20.7. The number of nitrogens with one attached hydrogen (secondary N) is 1. The number of phenols is 2. The zero-order chi connectivity index (χ0) is 23.9. The summed E-state index contributed by atoms with van der Waals surface area (Å²) in [5, 5.41) is 21.5. The van der Waals surface area contributed by atoms with Crippen LogP contribution in [0.25, 0.3) is 39.1 Å². The highest BCUT2D eigenvalue weighted by molar-refractivity contribution is 5.88. The van der Waals surface area contributed by atoms with Crippen LogP contribution in [0.5, 0.6) is 11.5 Å². The molecule has 0 radical (unpaired) electrons. The molecule has 0 atom stereocenters. The zero-order valence-electron chi connectivity index (χ0n) is 18.6. The van der Waals surface area contributed by atoms with Crippen LogP contribution in [0.1, 0.15) is 11.3 Å². The molecule has 0 bridgehead atoms. The van der Waals surface area contributed by atoms with Crippen molar-refractivity contribution in [3.8, 4) is 39.8 Å². The molecule has 6 heteroatoms. The van der Waals surface area contributed by atoms with Gasteiger partial charge in [-0.25, -0.2) is 4.98 Å². The summed E-state index contributed by atoms with van der Waals surface area (Å²) in [5.41, 5.74) is 4.33. The Balaban J connectivity index is 1.56. The minimum atomic E-state index is -0.191. The van der Waals surface area contributed by atoms with Gasteiger partial charge in [0.15, 0.2) is 5.82 Å². The molecule has 2 heterocycles. The van der Waals surface area contributed by atoms with Crippen LogP contribution in [0.3, 0.4) is 0 Å². The fourth-order valence-corrected chi connectivity index (χ4v) is 4.37. The van der Waals surface area contributed by atoms with Crippen molar-refractivity contribution in [1.29, 1.82) is 0 Å². The fourth-order valence-electron chi connectivity index (χ4n) is 4.37. The molecule has 3 N–H and O–H groups in total. The molecule has 0 unspecified atom stereocenters. The summed E-state index contributed by atoms with van der Waals surface area (Å²) >= 11 is 0. The summed E-state index contributed by atoms with van der Waals surface area (Å²) in [5.74, 6) is 0.896. The topological polar surface area (TPSA) is 91.1 Å². The lowest BCUT2D eigenvalue weighted by Crippen LogP contribution is -2.16. The predicted molar refractivity (Wildman–Crippen MR) is 136 cm³/mol. The Morgan fingerprint density at radius 3 is 2.17 bits per heavy atom. The number of phenolic OH excluding ortho intramolecular Hbond substituents is 2. The first-order chi connectivity index (χ1) is 17.0. The van der Waals surface area contributed by atoms with E-state index < -0.39 is 0 Å². The van der Waals surface area contributed by atoms with Gasteiger partial charge in [0, 0.05) is 18.2 Å². The van der Waals surface area contributed by atoms with E-state index in [2.05, 4.69) is 29.2 Å². The van der Waals surface area contributed by atoms with E-state index >= 15 is 0 Å². The normalized spacial score (nSPS) is 11.3. The molecule has 170 valence electrons. The van der Waals surface area contributed by atoms with E-state index in [0.29, 0.717) is 17.9 Å². The maximum atomic E-state index is 13.4. The van der Waals surface area contributed by atoms with E-state index in [-0.39, 0.29) is 17.1 Å². The third-order valence-corrected chi connectivity index (χ3v) is 6.20. The van der Waals surface area contributed by atoms with E-state index in [4.69, 9.17) is 4.98 Å². The number of fused-ring (bicyclic) bond motifs is 2. The van der Waals surface area contributed by atoms with E-state index in [1.54, 1.807) is 59.3 Å². The Morgan fingerprint density at radius 2 is 1.43 bits per heavy atom. The highest BCUT2D eigenvalue weighted by atomic mass is 16.3. The fraction of sp³-hybridized carbons (Fsp3) is 0.0345. The van der Waals surface area contributed by atoms with E-state index in [1.165, 1.54) is 0 Å². The zero-order valence-corrected chi connectivity index (χ0v) is 18.6. The molecule has 4 aromatic rings. The van der Waals surface area contributed by atoms with Crippen molar-refractivity contribution < 1.29 is 10.2 Å². The molecule has 6 nitrogen and oxygen atoms in total. The number of nitrogens with zero attached hydrogens (tertiary/aromatic N) is 2. The van der Waals surface area contributed by atoms with Gasteiger partial charge in [0.2, 0.25) is 0 Å². The highest BCUT2D eigenvalue weighted by Gasteiger charge is 2.21. The smallest absolute Gasteiger partial charge is 0.278 e. The second-order valence-electron chi connectivity index (χ2n) is 8.55. The minimum absolute atomic E-state index is 0.174. The molecular formula is C29H21N3O3. The third-order valence-electron chi connectivity index (χ3n) is 6.20. The molecule has 0 saturated heterocycles. The van der Waals surface area contributed by atoms with Crippen LogP contribution in [-0.2, 0) is 6.42 Å². The number of aromatic hydroxyl groups is 2. The van der Waals surface area contributed by atoms with Gasteiger partial charge in [-0.3, -0.25) is 9.36 Å². The number of imidazole rings is 1. The molecule has 6 rings (SSSR count). The SMILES string of the molecule is O=c1c(Cc2ccc(O)cc2)nc2c(-c3ccc4ccccc4c3)[nH]c(-c3ccc(O)cc3)cn1-2. The minimum Gasteiger partial charge on any atom is -0.508 e. The number of hydrogen-bond acceptors (Lipinski definition) is 4. The molecule has 0 fully saturated rings. The van der Waals surface area contributed by atoms with Gasteiger partial charge in [-0.1, -0.05) is 48.5 Å². The average Bonchev–Trinajstić information content (AvgIpc) is 3.20. The van der Waals surface area contributed by atoms with Crippen molar-refractivity contribution in [2.45, 2.75) is 6.42 Å². The highest BCUT2D eigenvalue weighted by Crippen LogP contribution is 2.31. The molecule has 0 amide bonds. The Kier molecular flexibility index (Phi) is 4.85. The second-order valence-corrected chi connectivity index (χ2v) is 8.55. The second kappa shape index (κ2) is 8.18. The van der Waals surface area contributed by atoms with Crippen molar-refractivity contribution in [1.82, 2.24) is 14.5 Å². The number of benzene rings is 4. The standard InChI is InChI=1S/C29H21N3O3/c33-23-11-5-18(6-12-23)15-25-29(35)32-17-26(20-9-13-24(34)14-10-20)30-27(28(32)31-25)22-8-7-19-3-1-2-4-21(19)16-22/h1-14,16-17,30,33-34H,15H2. The average molecular weight is 460 g/mol. The van der Waals surface area contributed by atoms with E-state index in [0.717, 1.165) is 38.9 Å². The Bertz CT molecular complexity index is 1700. The quantitative estimate of drug-likeness (QED) is 0.325. The van der Waals surface area contributed by atoms with Gasteiger partial charge in [0.1, 0.15) is 17.2 Å². The number of aromatic nitrogens is 3. The largest absolute Gasteiger partial charge is 0.508 e. The summed E-state index contributed by atoms with van der Waals surface area (Å²) in [6, 6.07) is 27.9. The third kappa shape index (κ3) is 3.81. The van der Waals surface area contributed by atoms with Crippen LogP contribution in [0.4, 0.5) is 0 Å². The Hall–Kier alpha value is -4.84. The Morgan fingerprint density at radius 1 is 0.771 bits per heavy atom. The van der Waals surface area contributed by atoms with E-state index in [1.807, 2.05) is 18.2 Å². The molecule has 0 aliphatic carbocycles. The van der Waals surface area contributed by atoms with Crippen molar-refractivity contribution in [3.05, 3.63) is 119 Å². The number of rotatable bonds is 4. The van der Waals surface area contributed by atoms with Gasteiger partial charge in [-0.2, -0.15) is 0 Å². The van der Waals surface area contributed by atoms with Gasteiger partial charge in [0.25, 0.3) is 5.56 Å². The molecule has 0 saturated carbocycles. The predicted octanol–water partition coefficient (Wildman–Crippen LogP) is 5.49. The first-order valence-corrected chi connectivity index (χ1v) is 11.3. The maximum absolute atomic E-state index is 13.4. The summed E-state index contributed by atoms with van der Waals surface area (Å²) < 4.78 is 1.58. The van der Waals surface area contributed by atoms with Gasteiger partial charge in [-0.15, -0.1) is 0 Å². The number of aromatic amines is 1. The van der Waals surface area contributed by atoms with Gasteiger partial charge >= 0.3 is 0 Å². The monoisotopic (exact) mass is 459 g/mol. The summed E-state index contributed by atoms with van der Waals surface area (Å²) in [6.45, 7) is 0. The summed E-state index contributed by atoms with van der Waals surface area (Å²) in [7, 11) is 0. The molecule has 0 spiro atoms. The summed E-state index contributed by atoms with van der Waals surface area (Å²) in [6.07, 6.45) is 2.11. The van der Waals surface area contributed by atoms with Gasteiger partial charge in [-0.05, 0) is 64.4 Å². The summed E-state index contributed by atoms with van der Waals surface area (Å²) in [4.78, 5) is 21.7. The van der Waals surface area contributed by atoms with Crippen molar-refractivity contribution in [3.63, 3.8) is 0 Å². The lowest BCUT2D eigenvalue weighted by atomic mass is 10.0. The lowest BCUT2D eigenvalue weighted by molar-refractivity contribution is 0.474. The van der Waals surface area contributed by atoms with Gasteiger partial charge < -0.3 is 15.2 Å². The van der Waals surface area contributed by atoms with Crippen molar-refractivity contribution in [2.75, 3.05) is 0 Å². The van der Waals surface area contributed by atoms with Crippen LogP contribution < -0.4 is 5.56 Å².